The zero-order valence-corrected chi connectivity index (χ0v) is 16.1. The standard InChI is InChI=1S/C19H30N4O3/c1-4-5-16(3)23-14-19(26-18(23)25)8-12-21(13-9-19)17(24)7-11-22-10-6-15(2)20-22/h6,10,16H,4-5,7-9,11-14H2,1-3H3/t16-/m0/s1. The number of aromatic nitrogens is 2. The highest BCUT2D eigenvalue weighted by atomic mass is 16.6. The molecule has 2 amide bonds. The fraction of sp³-hybridized carbons (Fsp3) is 0.737. The minimum Gasteiger partial charge on any atom is -0.441 e. The molecule has 7 heteroatoms. The summed E-state index contributed by atoms with van der Waals surface area (Å²) in [5.74, 6) is 0.147. The highest BCUT2D eigenvalue weighted by Crippen LogP contribution is 2.34. The van der Waals surface area contributed by atoms with E-state index in [-0.39, 0.29) is 18.0 Å². The number of aryl methyl sites for hydroxylation is 2. The molecule has 1 spiro atoms. The first kappa shape index (κ1) is 18.7. The van der Waals surface area contributed by atoms with E-state index in [4.69, 9.17) is 4.74 Å². The number of piperidine rings is 1. The molecule has 1 aromatic heterocycles. The van der Waals surface area contributed by atoms with Crippen LogP contribution >= 0.6 is 0 Å². The van der Waals surface area contributed by atoms with Gasteiger partial charge in [-0.05, 0) is 26.3 Å². The van der Waals surface area contributed by atoms with Crippen LogP contribution in [0, 0.1) is 6.92 Å². The van der Waals surface area contributed by atoms with Gasteiger partial charge in [0.05, 0.1) is 12.2 Å². The molecule has 0 aliphatic carbocycles. The summed E-state index contributed by atoms with van der Waals surface area (Å²) in [6.07, 6.45) is 5.64. The van der Waals surface area contributed by atoms with Crippen LogP contribution in [0.1, 0.15) is 51.6 Å². The molecule has 2 aliphatic rings. The van der Waals surface area contributed by atoms with Gasteiger partial charge in [-0.25, -0.2) is 4.79 Å². The lowest BCUT2D eigenvalue weighted by Crippen LogP contribution is -2.49. The number of likely N-dealkylation sites (tertiary alicyclic amines) is 1. The number of hydrogen-bond donors (Lipinski definition) is 0. The van der Waals surface area contributed by atoms with Crippen LogP contribution < -0.4 is 0 Å². The van der Waals surface area contributed by atoms with Gasteiger partial charge in [-0.1, -0.05) is 13.3 Å². The summed E-state index contributed by atoms with van der Waals surface area (Å²) in [6.45, 7) is 8.71. The molecule has 3 heterocycles. The maximum Gasteiger partial charge on any atom is 0.410 e. The predicted octanol–water partition coefficient (Wildman–Crippen LogP) is 2.58. The minimum absolute atomic E-state index is 0.147. The van der Waals surface area contributed by atoms with E-state index >= 15 is 0 Å². The Hall–Kier alpha value is -2.05. The third-order valence-corrected chi connectivity index (χ3v) is 5.59. The molecule has 0 bridgehead atoms. The molecular weight excluding hydrogens is 332 g/mol. The Morgan fingerprint density at radius 2 is 2.12 bits per heavy atom. The van der Waals surface area contributed by atoms with E-state index < -0.39 is 5.60 Å². The van der Waals surface area contributed by atoms with Gasteiger partial charge < -0.3 is 14.5 Å². The Morgan fingerprint density at radius 3 is 2.73 bits per heavy atom. The van der Waals surface area contributed by atoms with Crippen molar-refractivity contribution in [2.24, 2.45) is 0 Å². The van der Waals surface area contributed by atoms with E-state index in [1.165, 1.54) is 0 Å². The summed E-state index contributed by atoms with van der Waals surface area (Å²) in [5, 5.41) is 4.32. The van der Waals surface area contributed by atoms with E-state index in [0.29, 0.717) is 32.6 Å². The molecule has 2 fully saturated rings. The van der Waals surface area contributed by atoms with Gasteiger partial charge in [-0.15, -0.1) is 0 Å². The number of carbonyl (C=O) groups excluding carboxylic acids is 2. The molecule has 0 radical (unpaired) electrons. The summed E-state index contributed by atoms with van der Waals surface area (Å²) in [5.41, 5.74) is 0.553. The highest BCUT2D eigenvalue weighted by Gasteiger charge is 2.48. The van der Waals surface area contributed by atoms with E-state index in [9.17, 15) is 9.59 Å². The average molecular weight is 362 g/mol. The molecule has 3 rings (SSSR count). The van der Waals surface area contributed by atoms with Gasteiger partial charge in [0.25, 0.3) is 0 Å². The fourth-order valence-electron chi connectivity index (χ4n) is 3.94. The van der Waals surface area contributed by atoms with Crippen molar-refractivity contribution in [2.45, 2.75) is 71.1 Å². The van der Waals surface area contributed by atoms with Crippen LogP contribution in [-0.2, 0) is 16.1 Å². The lowest BCUT2D eigenvalue weighted by molar-refractivity contribution is -0.134. The van der Waals surface area contributed by atoms with E-state index in [1.807, 2.05) is 33.7 Å². The number of nitrogens with zero attached hydrogens (tertiary/aromatic N) is 4. The van der Waals surface area contributed by atoms with Crippen molar-refractivity contribution >= 4 is 12.0 Å². The van der Waals surface area contributed by atoms with Gasteiger partial charge in [-0.2, -0.15) is 5.10 Å². The first-order valence-corrected chi connectivity index (χ1v) is 9.70. The quantitative estimate of drug-likeness (QED) is 0.780. The van der Waals surface area contributed by atoms with Gasteiger partial charge in [0.1, 0.15) is 5.60 Å². The Kier molecular flexibility index (Phi) is 5.53. The fourth-order valence-corrected chi connectivity index (χ4v) is 3.94. The summed E-state index contributed by atoms with van der Waals surface area (Å²) >= 11 is 0. The van der Waals surface area contributed by atoms with Crippen LogP contribution in [0.25, 0.3) is 0 Å². The van der Waals surface area contributed by atoms with Crippen LogP contribution in [0.5, 0.6) is 0 Å². The van der Waals surface area contributed by atoms with Crippen molar-refractivity contribution in [3.8, 4) is 0 Å². The molecular formula is C19H30N4O3. The van der Waals surface area contributed by atoms with Crippen molar-refractivity contribution in [3.63, 3.8) is 0 Å². The predicted molar refractivity (Wildman–Crippen MR) is 97.7 cm³/mol. The van der Waals surface area contributed by atoms with Crippen molar-refractivity contribution < 1.29 is 14.3 Å². The molecule has 2 saturated heterocycles. The van der Waals surface area contributed by atoms with Crippen molar-refractivity contribution in [3.05, 3.63) is 18.0 Å². The second-order valence-electron chi connectivity index (χ2n) is 7.67. The van der Waals surface area contributed by atoms with Crippen LogP contribution in [0.2, 0.25) is 0 Å². The van der Waals surface area contributed by atoms with Crippen molar-refractivity contribution in [2.75, 3.05) is 19.6 Å². The summed E-state index contributed by atoms with van der Waals surface area (Å²) < 4.78 is 7.57. The van der Waals surface area contributed by atoms with Gasteiger partial charge in [0, 0.05) is 51.1 Å². The molecule has 0 N–H and O–H groups in total. The first-order valence-electron chi connectivity index (χ1n) is 9.70. The Labute approximate surface area is 155 Å². The van der Waals surface area contributed by atoms with Crippen molar-refractivity contribution in [1.29, 1.82) is 0 Å². The number of hydrogen-bond acceptors (Lipinski definition) is 4. The Morgan fingerprint density at radius 1 is 1.38 bits per heavy atom. The SMILES string of the molecule is CCC[C@H](C)N1CC2(CCN(C(=O)CCn3ccc(C)n3)CC2)OC1=O. The van der Waals surface area contributed by atoms with E-state index in [1.54, 1.807) is 0 Å². The third kappa shape index (κ3) is 4.02. The molecule has 2 aliphatic heterocycles. The maximum atomic E-state index is 12.5. The smallest absolute Gasteiger partial charge is 0.410 e. The summed E-state index contributed by atoms with van der Waals surface area (Å²) in [7, 11) is 0. The van der Waals surface area contributed by atoms with E-state index in [0.717, 1.165) is 31.4 Å². The highest BCUT2D eigenvalue weighted by molar-refractivity contribution is 5.76. The normalized spacial score (nSPS) is 20.5. The third-order valence-electron chi connectivity index (χ3n) is 5.59. The Balaban J connectivity index is 1.49. The molecule has 26 heavy (non-hydrogen) atoms. The van der Waals surface area contributed by atoms with Crippen LogP contribution in [-0.4, -0.2) is 62.9 Å². The molecule has 0 aromatic carbocycles. The molecule has 1 aromatic rings. The average Bonchev–Trinajstić information content (AvgIpc) is 3.17. The maximum absolute atomic E-state index is 12.5. The monoisotopic (exact) mass is 362 g/mol. The zero-order chi connectivity index (χ0) is 18.7. The van der Waals surface area contributed by atoms with Crippen LogP contribution in [0.3, 0.4) is 0 Å². The summed E-state index contributed by atoms with van der Waals surface area (Å²) in [6, 6.07) is 2.15. The van der Waals surface area contributed by atoms with Gasteiger partial charge in [0.15, 0.2) is 0 Å². The minimum atomic E-state index is -0.408. The lowest BCUT2D eigenvalue weighted by atomic mass is 9.90. The zero-order valence-electron chi connectivity index (χ0n) is 16.1. The van der Waals surface area contributed by atoms with Gasteiger partial charge >= 0.3 is 6.09 Å². The number of carbonyl (C=O) groups is 2. The topological polar surface area (TPSA) is 67.7 Å². The molecule has 7 nitrogen and oxygen atoms in total. The van der Waals surface area contributed by atoms with E-state index in [2.05, 4.69) is 18.9 Å². The number of rotatable bonds is 6. The van der Waals surface area contributed by atoms with Crippen molar-refractivity contribution in [1.82, 2.24) is 19.6 Å². The second-order valence-corrected chi connectivity index (χ2v) is 7.67. The number of amides is 2. The van der Waals surface area contributed by atoms with Gasteiger partial charge in [0.2, 0.25) is 5.91 Å². The van der Waals surface area contributed by atoms with Gasteiger partial charge in [-0.3, -0.25) is 9.48 Å². The first-order chi connectivity index (χ1) is 12.4. The molecule has 0 saturated carbocycles. The molecule has 144 valence electrons. The van der Waals surface area contributed by atoms with Crippen LogP contribution in [0.4, 0.5) is 4.79 Å². The lowest BCUT2D eigenvalue weighted by Gasteiger charge is -2.37. The van der Waals surface area contributed by atoms with Crippen LogP contribution in [0.15, 0.2) is 12.3 Å². The number of ether oxygens (including phenoxy) is 1. The second kappa shape index (κ2) is 7.68. The molecule has 1 atom stereocenters. The molecule has 0 unspecified atom stereocenters. The largest absolute Gasteiger partial charge is 0.441 e. The Bertz CT molecular complexity index is 649. The summed E-state index contributed by atoms with van der Waals surface area (Å²) in [4.78, 5) is 28.5.